The van der Waals surface area contributed by atoms with Crippen molar-refractivity contribution in [3.8, 4) is 0 Å². The van der Waals surface area contributed by atoms with Crippen molar-refractivity contribution in [1.29, 1.82) is 0 Å². The minimum Gasteiger partial charge on any atom is -0.462 e. The van der Waals surface area contributed by atoms with Crippen molar-refractivity contribution in [3.05, 3.63) is 0 Å². The van der Waals surface area contributed by atoms with E-state index in [1.807, 2.05) is 0 Å². The van der Waals surface area contributed by atoms with Crippen molar-refractivity contribution in [1.82, 2.24) is 4.90 Å². The number of carbonyl (C=O) groups is 7. The van der Waals surface area contributed by atoms with Crippen LogP contribution in [0.15, 0.2) is 0 Å². The molecule has 0 saturated heterocycles. The number of rotatable bonds is 44. The molecule has 0 aliphatic heterocycles. The van der Waals surface area contributed by atoms with Crippen LogP contribution >= 0.6 is 0 Å². The van der Waals surface area contributed by atoms with E-state index in [4.69, 9.17) is 33.2 Å². The zero-order valence-electron chi connectivity index (χ0n) is 43.8. The van der Waals surface area contributed by atoms with E-state index >= 15 is 0 Å². The number of esters is 6. The summed E-state index contributed by atoms with van der Waals surface area (Å²) in [5.74, 6) is -3.21. The Labute approximate surface area is 410 Å². The summed E-state index contributed by atoms with van der Waals surface area (Å²) in [4.78, 5) is 91.1. The lowest BCUT2D eigenvalue weighted by Crippen LogP contribution is -2.40. The third-order valence-corrected chi connectivity index (χ3v) is 11.1. The van der Waals surface area contributed by atoms with Gasteiger partial charge in [0.05, 0.1) is 12.8 Å². The first-order valence-electron chi connectivity index (χ1n) is 26.6. The van der Waals surface area contributed by atoms with E-state index < -0.39 is 59.7 Å². The molecule has 0 heterocycles. The molecular weight excluding hydrogens is 875 g/mol. The van der Waals surface area contributed by atoms with Crippen LogP contribution in [0.5, 0.6) is 0 Å². The first-order valence-corrected chi connectivity index (χ1v) is 26.6. The van der Waals surface area contributed by atoms with E-state index in [-0.39, 0.29) is 78.0 Å². The Balaban J connectivity index is 5.49. The molecule has 15 nitrogen and oxygen atoms in total. The van der Waals surface area contributed by atoms with E-state index in [0.717, 1.165) is 128 Å². The Kier molecular flexibility index (Phi) is 40.7. The van der Waals surface area contributed by atoms with Crippen LogP contribution in [0.25, 0.3) is 0 Å². The van der Waals surface area contributed by atoms with E-state index in [9.17, 15) is 33.6 Å². The van der Waals surface area contributed by atoms with Gasteiger partial charge in [0.25, 0.3) is 0 Å². The van der Waals surface area contributed by atoms with Gasteiger partial charge in [-0.15, -0.1) is 0 Å². The van der Waals surface area contributed by atoms with Gasteiger partial charge in [-0.25, -0.2) is 4.79 Å². The fourth-order valence-electron chi connectivity index (χ4n) is 7.03. The molecule has 0 bridgehead atoms. The molecule has 0 unspecified atom stereocenters. The number of hydrogen-bond donors (Lipinski definition) is 0. The van der Waals surface area contributed by atoms with E-state index in [1.165, 1.54) is 4.90 Å². The summed E-state index contributed by atoms with van der Waals surface area (Å²) < 4.78 is 38.6. The van der Waals surface area contributed by atoms with Crippen molar-refractivity contribution in [2.75, 3.05) is 39.5 Å². The number of ether oxygens (including phenoxy) is 7. The summed E-state index contributed by atoms with van der Waals surface area (Å²) in [5, 5.41) is 0. The molecule has 0 saturated carbocycles. The highest BCUT2D eigenvalue weighted by Crippen LogP contribution is 2.15. The average Bonchev–Trinajstić information content (AvgIpc) is 3.29. The Hall–Kier alpha value is -3.91. The maximum atomic E-state index is 13.2. The number of amides is 1. The van der Waals surface area contributed by atoms with Crippen LogP contribution in [-0.4, -0.2) is 104 Å². The predicted octanol–water partition coefficient (Wildman–Crippen LogP) is 12.0. The van der Waals surface area contributed by atoms with Crippen molar-refractivity contribution in [2.45, 2.75) is 259 Å². The Morgan fingerprint density at radius 1 is 0.353 bits per heavy atom. The molecule has 0 aromatic heterocycles. The van der Waals surface area contributed by atoms with E-state index in [0.29, 0.717) is 25.7 Å². The van der Waals surface area contributed by atoms with Gasteiger partial charge in [-0.3, -0.25) is 28.8 Å². The lowest BCUT2D eigenvalue weighted by molar-refractivity contribution is -0.167. The SMILES string of the molecule is CCCCCCCCC(=O)OC[C@H](COC(=O)CCN(CCC(=O)OC[C@@H](COC(=O)CCCCCCCC)OC(=O)CCCCCCCC)C(=O)OC(C)(C)C)OC(=O)CCCCCCCC. The van der Waals surface area contributed by atoms with Crippen LogP contribution in [0.3, 0.4) is 0 Å². The van der Waals surface area contributed by atoms with Gasteiger partial charge < -0.3 is 38.1 Å². The summed E-state index contributed by atoms with van der Waals surface area (Å²) in [6.45, 7) is 12.0. The molecule has 0 spiro atoms. The first kappa shape index (κ1) is 64.1. The average molecular weight is 970 g/mol. The second kappa shape index (κ2) is 43.1. The molecule has 1 amide bonds. The van der Waals surface area contributed by atoms with Gasteiger partial charge in [-0.2, -0.15) is 0 Å². The normalized spacial score (nSPS) is 12.1. The molecular formula is C53H95NO14. The Bertz CT molecular complexity index is 1260. The largest absolute Gasteiger partial charge is 0.462 e. The van der Waals surface area contributed by atoms with Gasteiger partial charge in [0.2, 0.25) is 0 Å². The number of hydrogen-bond acceptors (Lipinski definition) is 14. The van der Waals surface area contributed by atoms with Crippen molar-refractivity contribution >= 4 is 41.9 Å². The number of unbranched alkanes of at least 4 members (excludes halogenated alkanes) is 20. The molecule has 2 atom stereocenters. The Morgan fingerprint density at radius 3 is 0.882 bits per heavy atom. The van der Waals surface area contributed by atoms with Crippen LogP contribution in [0.1, 0.15) is 241 Å². The minimum absolute atomic E-state index is 0.177. The quantitative estimate of drug-likeness (QED) is 0.0319. The molecule has 68 heavy (non-hydrogen) atoms. The summed E-state index contributed by atoms with van der Waals surface area (Å²) in [7, 11) is 0. The molecule has 0 rings (SSSR count). The highest BCUT2D eigenvalue weighted by molar-refractivity contribution is 5.74. The fraction of sp³-hybridized carbons (Fsp3) is 0.868. The second-order valence-electron chi connectivity index (χ2n) is 19.0. The number of nitrogens with zero attached hydrogens (tertiary/aromatic N) is 1. The van der Waals surface area contributed by atoms with E-state index in [2.05, 4.69) is 27.7 Å². The summed E-state index contributed by atoms with van der Waals surface area (Å²) in [6, 6.07) is 0. The van der Waals surface area contributed by atoms with Crippen LogP contribution in [0.4, 0.5) is 4.79 Å². The predicted molar refractivity (Wildman–Crippen MR) is 263 cm³/mol. The molecule has 0 radical (unpaired) electrons. The first-order chi connectivity index (χ1) is 32.6. The maximum Gasteiger partial charge on any atom is 0.410 e. The van der Waals surface area contributed by atoms with Gasteiger partial charge in [0.1, 0.15) is 32.0 Å². The molecule has 0 aliphatic carbocycles. The molecule has 0 fully saturated rings. The monoisotopic (exact) mass is 970 g/mol. The molecule has 0 aromatic carbocycles. The minimum atomic E-state index is -1.01. The molecule has 0 N–H and O–H groups in total. The van der Waals surface area contributed by atoms with Gasteiger partial charge >= 0.3 is 41.9 Å². The zero-order chi connectivity index (χ0) is 50.7. The number of carbonyl (C=O) groups excluding carboxylic acids is 7. The lowest BCUT2D eigenvalue weighted by Gasteiger charge is -2.27. The molecule has 396 valence electrons. The van der Waals surface area contributed by atoms with Crippen molar-refractivity contribution in [3.63, 3.8) is 0 Å². The summed E-state index contributed by atoms with van der Waals surface area (Å²) >= 11 is 0. The van der Waals surface area contributed by atoms with Crippen molar-refractivity contribution < 1.29 is 66.7 Å². The van der Waals surface area contributed by atoms with Gasteiger partial charge in [0, 0.05) is 38.8 Å². The van der Waals surface area contributed by atoms with E-state index in [1.54, 1.807) is 20.8 Å². The maximum absolute atomic E-state index is 13.2. The zero-order valence-corrected chi connectivity index (χ0v) is 43.8. The van der Waals surface area contributed by atoms with Crippen LogP contribution in [-0.2, 0) is 61.9 Å². The topological polar surface area (TPSA) is 187 Å². The van der Waals surface area contributed by atoms with Gasteiger partial charge in [-0.05, 0) is 46.5 Å². The highest BCUT2D eigenvalue weighted by Gasteiger charge is 2.26. The third kappa shape index (κ3) is 41.1. The lowest BCUT2D eigenvalue weighted by atomic mass is 10.1. The standard InChI is InChI=1S/C53H95NO14/c1-8-12-16-20-24-28-32-46(55)62-40-44(66-50(59)34-30-26-22-18-14-10-3)42-64-48(57)36-38-54(52(61)68-53(5,6)7)39-37-49(58)65-43-45(67-51(60)35-31-27-23-19-15-11-4)41-63-47(56)33-29-25-21-17-13-9-2/h44-45H,8-43H2,1-7H3/t44-,45-/m1/s1. The van der Waals surface area contributed by atoms with Crippen molar-refractivity contribution in [2.24, 2.45) is 0 Å². The van der Waals surface area contributed by atoms with Crippen LogP contribution < -0.4 is 0 Å². The summed E-state index contributed by atoms with van der Waals surface area (Å²) in [6.07, 6.45) is 21.5. The fourth-order valence-corrected chi connectivity index (χ4v) is 7.03. The van der Waals surface area contributed by atoms with Gasteiger partial charge in [0.15, 0.2) is 12.2 Å². The molecule has 15 heteroatoms. The molecule has 0 aromatic rings. The highest BCUT2D eigenvalue weighted by atomic mass is 16.6. The van der Waals surface area contributed by atoms with Crippen LogP contribution in [0.2, 0.25) is 0 Å². The molecule has 0 aliphatic rings. The Morgan fingerprint density at radius 2 is 0.603 bits per heavy atom. The van der Waals surface area contributed by atoms with Crippen LogP contribution in [0, 0.1) is 0 Å². The van der Waals surface area contributed by atoms with Gasteiger partial charge in [-0.1, -0.05) is 156 Å². The second-order valence-corrected chi connectivity index (χ2v) is 19.0. The smallest absolute Gasteiger partial charge is 0.410 e. The summed E-state index contributed by atoms with van der Waals surface area (Å²) in [5.41, 5.74) is -0.880. The third-order valence-electron chi connectivity index (χ3n) is 11.1.